The first kappa shape index (κ1) is 18.0. The zero-order valence-electron chi connectivity index (χ0n) is 13.8. The van der Waals surface area contributed by atoms with Crippen molar-refractivity contribution in [1.29, 1.82) is 0 Å². The number of amides is 1. The summed E-state index contributed by atoms with van der Waals surface area (Å²) in [6.45, 7) is 4.25. The molecule has 0 heterocycles. The third kappa shape index (κ3) is 5.70. The van der Waals surface area contributed by atoms with E-state index >= 15 is 0 Å². The fraction of sp³-hybridized carbons (Fsp3) is 0.263. The van der Waals surface area contributed by atoms with Gasteiger partial charge in [-0.2, -0.15) is 5.10 Å². The minimum atomic E-state index is -0.320. The van der Waals surface area contributed by atoms with Crippen molar-refractivity contribution in [3.05, 3.63) is 64.7 Å². The molecule has 1 atom stereocenters. The predicted octanol–water partition coefficient (Wildman–Crippen LogP) is 4.38. The first-order valence-electron chi connectivity index (χ1n) is 7.88. The number of halogens is 1. The summed E-state index contributed by atoms with van der Waals surface area (Å²) in [5.41, 5.74) is 4.50. The molecular weight excluding hydrogens is 324 g/mol. The molecule has 1 N–H and O–H groups in total. The van der Waals surface area contributed by atoms with Crippen LogP contribution in [0.1, 0.15) is 37.3 Å². The maximum atomic E-state index is 11.7. The Balaban J connectivity index is 1.78. The van der Waals surface area contributed by atoms with E-state index < -0.39 is 0 Å². The average Bonchev–Trinajstić information content (AvgIpc) is 2.60. The maximum Gasteiger partial charge on any atom is 0.277 e. The van der Waals surface area contributed by atoms with E-state index in [9.17, 15) is 4.79 Å². The number of carbonyl (C=O) groups excluding carboxylic acids is 1. The molecule has 2 rings (SSSR count). The Hall–Kier alpha value is -2.33. The fourth-order valence-corrected chi connectivity index (χ4v) is 2.27. The minimum absolute atomic E-state index is 0.0877. The molecule has 0 fully saturated rings. The second-order valence-corrected chi connectivity index (χ2v) is 5.95. The van der Waals surface area contributed by atoms with Gasteiger partial charge in [-0.3, -0.25) is 4.79 Å². The Labute approximate surface area is 147 Å². The Kier molecular flexibility index (Phi) is 6.82. The highest BCUT2D eigenvalue weighted by Crippen LogP contribution is 2.21. The molecule has 0 unspecified atom stereocenters. The van der Waals surface area contributed by atoms with E-state index in [1.807, 2.05) is 36.4 Å². The molecule has 0 aliphatic heterocycles. The number of ether oxygens (including phenoxy) is 1. The van der Waals surface area contributed by atoms with E-state index in [-0.39, 0.29) is 12.5 Å². The topological polar surface area (TPSA) is 50.7 Å². The van der Waals surface area contributed by atoms with Crippen molar-refractivity contribution >= 4 is 23.7 Å². The molecule has 24 heavy (non-hydrogen) atoms. The summed E-state index contributed by atoms with van der Waals surface area (Å²) in [5, 5.41) is 4.50. The summed E-state index contributed by atoms with van der Waals surface area (Å²) in [6, 6.07) is 15.0. The van der Waals surface area contributed by atoms with E-state index in [0.29, 0.717) is 16.7 Å². The van der Waals surface area contributed by atoms with Crippen molar-refractivity contribution < 1.29 is 9.53 Å². The van der Waals surface area contributed by atoms with Gasteiger partial charge >= 0.3 is 0 Å². The Morgan fingerprint density at radius 1 is 1.29 bits per heavy atom. The van der Waals surface area contributed by atoms with Crippen LogP contribution in [0.5, 0.6) is 5.75 Å². The Morgan fingerprint density at radius 2 is 2.04 bits per heavy atom. The van der Waals surface area contributed by atoms with E-state index in [4.69, 9.17) is 16.3 Å². The van der Waals surface area contributed by atoms with Crippen molar-refractivity contribution in [3.8, 4) is 5.75 Å². The van der Waals surface area contributed by atoms with Crippen molar-refractivity contribution in [1.82, 2.24) is 5.43 Å². The third-order valence-electron chi connectivity index (χ3n) is 3.68. The van der Waals surface area contributed by atoms with Crippen LogP contribution < -0.4 is 10.2 Å². The number of carbonyl (C=O) groups is 1. The number of benzene rings is 2. The minimum Gasteiger partial charge on any atom is -0.484 e. The molecule has 2 aromatic rings. The number of nitrogens with one attached hydrogen (secondary N) is 1. The average molecular weight is 345 g/mol. The highest BCUT2D eigenvalue weighted by Gasteiger charge is 2.04. The van der Waals surface area contributed by atoms with Gasteiger partial charge in [-0.25, -0.2) is 5.43 Å². The standard InChI is InChI=1S/C19H21ClN2O2/c1-3-14(2)16-7-9-18(10-8-16)24-13-19(23)22-21-12-15-5-4-6-17(20)11-15/h4-12,14H,3,13H2,1-2H3,(H,22,23)/b21-12-/t14-/m0/s1. The van der Waals surface area contributed by atoms with Crippen LogP contribution in [0, 0.1) is 0 Å². The van der Waals surface area contributed by atoms with E-state index in [0.717, 1.165) is 12.0 Å². The molecule has 5 heteroatoms. The molecule has 0 radical (unpaired) electrons. The second-order valence-electron chi connectivity index (χ2n) is 5.52. The largest absolute Gasteiger partial charge is 0.484 e. The lowest BCUT2D eigenvalue weighted by Gasteiger charge is -2.10. The van der Waals surface area contributed by atoms with Gasteiger partial charge in [0.15, 0.2) is 6.61 Å². The van der Waals surface area contributed by atoms with Gasteiger partial charge in [-0.15, -0.1) is 0 Å². The van der Waals surface area contributed by atoms with Crippen molar-refractivity contribution in [2.24, 2.45) is 5.10 Å². The summed E-state index contributed by atoms with van der Waals surface area (Å²) in [7, 11) is 0. The number of nitrogens with zero attached hydrogens (tertiary/aromatic N) is 1. The molecule has 0 saturated carbocycles. The molecule has 126 valence electrons. The van der Waals surface area contributed by atoms with Crippen LogP contribution in [0.15, 0.2) is 53.6 Å². The molecule has 4 nitrogen and oxygen atoms in total. The van der Waals surface area contributed by atoms with Crippen LogP contribution in [0.4, 0.5) is 0 Å². The zero-order chi connectivity index (χ0) is 17.4. The number of hydrogen-bond acceptors (Lipinski definition) is 3. The number of hydrogen-bond donors (Lipinski definition) is 1. The SMILES string of the molecule is CC[C@H](C)c1ccc(OCC(=O)N/N=C\c2cccc(Cl)c2)cc1. The lowest BCUT2D eigenvalue weighted by molar-refractivity contribution is -0.123. The fourth-order valence-electron chi connectivity index (χ4n) is 2.08. The highest BCUT2D eigenvalue weighted by atomic mass is 35.5. The first-order chi connectivity index (χ1) is 11.6. The van der Waals surface area contributed by atoms with Crippen LogP contribution >= 0.6 is 11.6 Å². The smallest absolute Gasteiger partial charge is 0.277 e. The van der Waals surface area contributed by atoms with Gasteiger partial charge < -0.3 is 4.74 Å². The van der Waals surface area contributed by atoms with E-state index in [1.165, 1.54) is 11.8 Å². The summed E-state index contributed by atoms with van der Waals surface area (Å²) < 4.78 is 5.45. The van der Waals surface area contributed by atoms with Crippen LogP contribution in [0.3, 0.4) is 0 Å². The van der Waals surface area contributed by atoms with Gasteiger partial charge in [0, 0.05) is 5.02 Å². The van der Waals surface area contributed by atoms with E-state index in [1.54, 1.807) is 12.1 Å². The number of hydrazone groups is 1. The Bertz CT molecular complexity index is 699. The summed E-state index contributed by atoms with van der Waals surface area (Å²) in [4.78, 5) is 11.7. The molecule has 0 aliphatic rings. The molecule has 1 amide bonds. The van der Waals surface area contributed by atoms with Gasteiger partial charge in [-0.05, 0) is 47.7 Å². The molecule has 0 aromatic heterocycles. The Morgan fingerprint density at radius 3 is 2.71 bits per heavy atom. The lowest BCUT2D eigenvalue weighted by atomic mass is 9.99. The molecule has 0 bridgehead atoms. The molecular formula is C19H21ClN2O2. The molecule has 0 spiro atoms. The predicted molar refractivity (Wildman–Crippen MR) is 97.8 cm³/mol. The highest BCUT2D eigenvalue weighted by molar-refractivity contribution is 6.30. The van der Waals surface area contributed by atoms with Crippen LogP contribution in [-0.2, 0) is 4.79 Å². The summed E-state index contributed by atoms with van der Waals surface area (Å²) in [6.07, 6.45) is 2.62. The van der Waals surface area contributed by atoms with Gasteiger partial charge in [0.2, 0.25) is 0 Å². The molecule has 0 saturated heterocycles. The zero-order valence-corrected chi connectivity index (χ0v) is 14.6. The van der Waals surface area contributed by atoms with Gasteiger partial charge in [-0.1, -0.05) is 49.7 Å². The van der Waals surface area contributed by atoms with Crippen LogP contribution in [0.2, 0.25) is 5.02 Å². The first-order valence-corrected chi connectivity index (χ1v) is 8.26. The quantitative estimate of drug-likeness (QED) is 0.598. The van der Waals surface area contributed by atoms with Crippen LogP contribution in [0.25, 0.3) is 0 Å². The third-order valence-corrected chi connectivity index (χ3v) is 3.92. The van der Waals surface area contributed by atoms with Crippen molar-refractivity contribution in [3.63, 3.8) is 0 Å². The maximum absolute atomic E-state index is 11.7. The van der Waals surface area contributed by atoms with Crippen molar-refractivity contribution in [2.75, 3.05) is 6.61 Å². The van der Waals surface area contributed by atoms with Gasteiger partial charge in [0.1, 0.15) is 5.75 Å². The summed E-state index contributed by atoms with van der Waals surface area (Å²) in [5.74, 6) is 0.860. The monoisotopic (exact) mass is 344 g/mol. The van der Waals surface area contributed by atoms with Crippen LogP contribution in [-0.4, -0.2) is 18.7 Å². The second kappa shape index (κ2) is 9.08. The van der Waals surface area contributed by atoms with E-state index in [2.05, 4.69) is 24.4 Å². The lowest BCUT2D eigenvalue weighted by Crippen LogP contribution is -2.24. The van der Waals surface area contributed by atoms with Gasteiger partial charge in [0.05, 0.1) is 6.21 Å². The normalized spacial score (nSPS) is 12.1. The summed E-state index contributed by atoms with van der Waals surface area (Å²) >= 11 is 5.87. The molecule has 0 aliphatic carbocycles. The molecule has 2 aromatic carbocycles. The van der Waals surface area contributed by atoms with Crippen molar-refractivity contribution in [2.45, 2.75) is 26.2 Å². The van der Waals surface area contributed by atoms with Gasteiger partial charge in [0.25, 0.3) is 5.91 Å². The number of rotatable bonds is 7.